The van der Waals surface area contributed by atoms with Gasteiger partial charge in [-0.05, 0) is 57.0 Å². The van der Waals surface area contributed by atoms with Crippen molar-refractivity contribution in [3.05, 3.63) is 35.6 Å². The molecule has 4 nitrogen and oxygen atoms in total. The van der Waals surface area contributed by atoms with Gasteiger partial charge in [0.1, 0.15) is 18.2 Å². The van der Waals surface area contributed by atoms with Gasteiger partial charge in [0, 0.05) is 26.2 Å². The summed E-state index contributed by atoms with van der Waals surface area (Å²) < 4.78 is 19.6. The van der Waals surface area contributed by atoms with E-state index in [9.17, 15) is 9.18 Å². The average Bonchev–Trinajstić information content (AvgIpc) is 2.65. The number of ether oxygens (including phenoxy) is 1. The number of benzene rings is 1. The summed E-state index contributed by atoms with van der Waals surface area (Å²) in [5.74, 6) is -0.171. The molecule has 0 radical (unpaired) electrons. The molecular formula is C21H33FN2O2. The summed E-state index contributed by atoms with van der Waals surface area (Å²) in [5, 5.41) is 0. The van der Waals surface area contributed by atoms with Gasteiger partial charge in [0.05, 0.1) is 5.60 Å². The highest BCUT2D eigenvalue weighted by Gasteiger charge is 2.38. The van der Waals surface area contributed by atoms with Crippen LogP contribution in [0, 0.1) is 5.82 Å². The Morgan fingerprint density at radius 2 is 2.08 bits per heavy atom. The number of carbonyl (C=O) groups excluding carboxylic acids is 1. The zero-order chi connectivity index (χ0) is 19.0. The summed E-state index contributed by atoms with van der Waals surface area (Å²) in [6.45, 7) is 8.76. The normalized spacial score (nSPS) is 18.8. The van der Waals surface area contributed by atoms with Crippen LogP contribution < -0.4 is 0 Å². The van der Waals surface area contributed by atoms with Crippen molar-refractivity contribution in [2.75, 3.05) is 39.8 Å². The Labute approximate surface area is 157 Å². The van der Waals surface area contributed by atoms with Gasteiger partial charge in [-0.2, -0.15) is 0 Å². The van der Waals surface area contributed by atoms with Crippen LogP contribution in [0.1, 0.15) is 38.7 Å². The molecule has 5 heteroatoms. The fourth-order valence-electron chi connectivity index (χ4n) is 3.61. The maximum atomic E-state index is 13.3. The van der Waals surface area contributed by atoms with E-state index in [1.807, 2.05) is 13.0 Å². The van der Waals surface area contributed by atoms with Crippen molar-refractivity contribution < 1.29 is 13.9 Å². The van der Waals surface area contributed by atoms with Crippen molar-refractivity contribution in [3.63, 3.8) is 0 Å². The summed E-state index contributed by atoms with van der Waals surface area (Å²) in [5.41, 5.74) is 0.789. The predicted molar refractivity (Wildman–Crippen MR) is 103 cm³/mol. The van der Waals surface area contributed by atoms with E-state index in [4.69, 9.17) is 4.74 Å². The molecule has 1 unspecified atom stereocenters. The molecule has 0 spiro atoms. The van der Waals surface area contributed by atoms with E-state index in [0.717, 1.165) is 63.8 Å². The van der Waals surface area contributed by atoms with Gasteiger partial charge in [-0.15, -0.1) is 0 Å². The molecule has 26 heavy (non-hydrogen) atoms. The fourth-order valence-corrected chi connectivity index (χ4v) is 3.61. The summed E-state index contributed by atoms with van der Waals surface area (Å²) in [6, 6.07) is 6.85. The predicted octanol–water partition coefficient (Wildman–Crippen LogP) is 3.15. The van der Waals surface area contributed by atoms with Crippen LogP contribution in [0.3, 0.4) is 0 Å². The second-order valence-electron chi connectivity index (χ2n) is 7.44. The molecular weight excluding hydrogens is 331 g/mol. The van der Waals surface area contributed by atoms with Crippen molar-refractivity contribution in [3.8, 4) is 0 Å². The Morgan fingerprint density at radius 1 is 1.35 bits per heavy atom. The van der Waals surface area contributed by atoms with E-state index in [1.54, 1.807) is 12.1 Å². The van der Waals surface area contributed by atoms with Crippen LogP contribution in [-0.2, 0) is 16.0 Å². The average molecular weight is 365 g/mol. The molecule has 0 bridgehead atoms. The van der Waals surface area contributed by atoms with Crippen LogP contribution in [-0.4, -0.2) is 67.6 Å². The smallest absolute Gasteiger partial charge is 0.148 e. The van der Waals surface area contributed by atoms with E-state index in [1.165, 1.54) is 6.07 Å². The van der Waals surface area contributed by atoms with E-state index < -0.39 is 0 Å². The van der Waals surface area contributed by atoms with Gasteiger partial charge >= 0.3 is 0 Å². The molecule has 1 fully saturated rings. The van der Waals surface area contributed by atoms with Gasteiger partial charge in [-0.3, -0.25) is 0 Å². The van der Waals surface area contributed by atoms with E-state index in [2.05, 4.69) is 23.8 Å². The molecule has 1 heterocycles. The molecule has 0 aromatic heterocycles. The third-order valence-corrected chi connectivity index (χ3v) is 5.43. The Hall–Kier alpha value is -1.30. The Morgan fingerprint density at radius 3 is 2.65 bits per heavy atom. The second-order valence-corrected chi connectivity index (χ2v) is 7.44. The van der Waals surface area contributed by atoms with Gasteiger partial charge in [0.2, 0.25) is 0 Å². The lowest BCUT2D eigenvalue weighted by atomic mass is 9.89. The summed E-state index contributed by atoms with van der Waals surface area (Å²) in [7, 11) is 2.10. The number of rotatable bonds is 10. The number of carbonyl (C=O) groups is 1. The van der Waals surface area contributed by atoms with Crippen molar-refractivity contribution in [1.29, 1.82) is 0 Å². The number of likely N-dealkylation sites (tertiary alicyclic amines) is 1. The molecule has 0 saturated carbocycles. The zero-order valence-electron chi connectivity index (χ0n) is 16.4. The van der Waals surface area contributed by atoms with Gasteiger partial charge < -0.3 is 19.3 Å². The van der Waals surface area contributed by atoms with Crippen molar-refractivity contribution in [2.24, 2.45) is 0 Å². The van der Waals surface area contributed by atoms with Crippen LogP contribution in [0.5, 0.6) is 0 Å². The topological polar surface area (TPSA) is 32.8 Å². The standard InChI is InChI=1S/C21H33FN2O2/c1-4-20(16-25)26-21(17-23(3)5-2)10-13-24(14-11-21)12-9-18-7-6-8-19(22)15-18/h6-8,15-16,20H,4-5,9-14,17H2,1-3H3. The lowest BCUT2D eigenvalue weighted by Gasteiger charge is -2.44. The van der Waals surface area contributed by atoms with Gasteiger partial charge in [0.15, 0.2) is 0 Å². The van der Waals surface area contributed by atoms with Crippen molar-refractivity contribution in [1.82, 2.24) is 9.80 Å². The Kier molecular flexibility index (Phi) is 8.19. The first-order valence-corrected chi connectivity index (χ1v) is 9.78. The first kappa shape index (κ1) is 21.0. The highest BCUT2D eigenvalue weighted by Crippen LogP contribution is 2.29. The van der Waals surface area contributed by atoms with E-state index in [0.29, 0.717) is 6.42 Å². The van der Waals surface area contributed by atoms with Crippen LogP contribution >= 0.6 is 0 Å². The SMILES string of the molecule is CCC(C=O)OC1(CN(C)CC)CCN(CCc2cccc(F)c2)CC1. The number of aldehydes is 1. The van der Waals surface area contributed by atoms with Crippen LogP contribution in [0.2, 0.25) is 0 Å². The summed E-state index contributed by atoms with van der Waals surface area (Å²) in [6.07, 6.45) is 4.02. The molecule has 1 aliphatic rings. The fraction of sp³-hybridized carbons (Fsp3) is 0.667. The number of piperidine rings is 1. The monoisotopic (exact) mass is 364 g/mol. The number of hydrogen-bond acceptors (Lipinski definition) is 4. The number of halogens is 1. The summed E-state index contributed by atoms with van der Waals surface area (Å²) in [4.78, 5) is 16.0. The highest BCUT2D eigenvalue weighted by molar-refractivity contribution is 5.55. The molecule has 2 rings (SSSR count). The molecule has 0 amide bonds. The maximum Gasteiger partial charge on any atom is 0.148 e. The van der Waals surface area contributed by atoms with Gasteiger partial charge in [-0.1, -0.05) is 26.0 Å². The number of likely N-dealkylation sites (N-methyl/N-ethyl adjacent to an activating group) is 1. The Bertz CT molecular complexity index is 559. The molecule has 0 N–H and O–H groups in total. The minimum atomic E-state index is -0.320. The third-order valence-electron chi connectivity index (χ3n) is 5.43. The third kappa shape index (κ3) is 6.15. The first-order chi connectivity index (χ1) is 12.5. The zero-order valence-corrected chi connectivity index (χ0v) is 16.4. The number of hydrogen-bond donors (Lipinski definition) is 0. The molecule has 1 saturated heterocycles. The Balaban J connectivity index is 1.92. The first-order valence-electron chi connectivity index (χ1n) is 9.78. The van der Waals surface area contributed by atoms with Crippen molar-refractivity contribution in [2.45, 2.75) is 51.2 Å². The van der Waals surface area contributed by atoms with Gasteiger partial charge in [0.25, 0.3) is 0 Å². The summed E-state index contributed by atoms with van der Waals surface area (Å²) >= 11 is 0. The van der Waals surface area contributed by atoms with Crippen LogP contribution in [0.25, 0.3) is 0 Å². The van der Waals surface area contributed by atoms with E-state index >= 15 is 0 Å². The lowest BCUT2D eigenvalue weighted by molar-refractivity contribution is -0.148. The van der Waals surface area contributed by atoms with Crippen LogP contribution in [0.15, 0.2) is 24.3 Å². The molecule has 1 aromatic rings. The minimum Gasteiger partial charge on any atom is -0.363 e. The molecule has 146 valence electrons. The maximum absolute atomic E-state index is 13.3. The van der Waals surface area contributed by atoms with E-state index in [-0.39, 0.29) is 17.5 Å². The molecule has 0 aliphatic carbocycles. The molecule has 1 aliphatic heterocycles. The largest absolute Gasteiger partial charge is 0.363 e. The number of nitrogens with zero attached hydrogens (tertiary/aromatic N) is 2. The highest BCUT2D eigenvalue weighted by atomic mass is 19.1. The van der Waals surface area contributed by atoms with Gasteiger partial charge in [-0.25, -0.2) is 4.39 Å². The molecule has 1 atom stereocenters. The van der Waals surface area contributed by atoms with Crippen molar-refractivity contribution >= 4 is 6.29 Å². The quantitative estimate of drug-likeness (QED) is 0.597. The minimum absolute atomic E-state index is 0.171. The van der Waals surface area contributed by atoms with Crippen LogP contribution in [0.4, 0.5) is 4.39 Å². The molecule has 1 aromatic carbocycles. The second kappa shape index (κ2) is 10.1. The lowest BCUT2D eigenvalue weighted by Crippen LogP contribution is -2.53.